The molecular weight excluding hydrogens is 185 g/mol. The van der Waals surface area contributed by atoms with Gasteiger partial charge in [0.2, 0.25) is 0 Å². The number of carboxylic acids is 1. The Hall–Kier alpha value is -0.290. The quantitative estimate of drug-likeness (QED) is 0.712. The SMILES string of the molecule is O=C(O)c1ccccc1N=S.[NaH]. The summed E-state index contributed by atoms with van der Waals surface area (Å²) < 4.78 is 3.39. The van der Waals surface area contributed by atoms with Gasteiger partial charge in [-0.1, -0.05) is 12.1 Å². The Bertz CT molecular complexity index is 303. The van der Waals surface area contributed by atoms with Gasteiger partial charge in [0, 0.05) is 12.4 Å². The first-order valence-corrected chi connectivity index (χ1v) is 3.28. The van der Waals surface area contributed by atoms with Crippen LogP contribution in [0.3, 0.4) is 0 Å². The molecule has 0 heterocycles. The fraction of sp³-hybridized carbons (Fsp3) is 0. The Labute approximate surface area is 97.3 Å². The molecule has 5 heteroatoms. The molecule has 0 aliphatic rings. The van der Waals surface area contributed by atoms with Crippen molar-refractivity contribution in [1.29, 1.82) is 0 Å². The van der Waals surface area contributed by atoms with E-state index in [0.717, 1.165) is 0 Å². The predicted octanol–water partition coefficient (Wildman–Crippen LogP) is 1.10. The van der Waals surface area contributed by atoms with Crippen LogP contribution < -0.4 is 0 Å². The first-order chi connectivity index (χ1) is 5.25. The van der Waals surface area contributed by atoms with E-state index in [1.165, 1.54) is 6.07 Å². The summed E-state index contributed by atoms with van der Waals surface area (Å²) in [7, 11) is 0. The fourth-order valence-electron chi connectivity index (χ4n) is 0.734. The van der Waals surface area contributed by atoms with Gasteiger partial charge in [0.25, 0.3) is 0 Å². The summed E-state index contributed by atoms with van der Waals surface area (Å²) in [6.07, 6.45) is 0. The number of hydrogen-bond acceptors (Lipinski definition) is 3. The Morgan fingerprint density at radius 1 is 1.42 bits per heavy atom. The summed E-state index contributed by atoms with van der Waals surface area (Å²) >= 11 is 4.39. The van der Waals surface area contributed by atoms with Crippen molar-refractivity contribution in [2.24, 2.45) is 4.36 Å². The third-order valence-corrected chi connectivity index (χ3v) is 1.43. The molecule has 3 nitrogen and oxygen atoms in total. The van der Waals surface area contributed by atoms with Crippen LogP contribution in [0, 0.1) is 0 Å². The van der Waals surface area contributed by atoms with Crippen molar-refractivity contribution in [3.8, 4) is 0 Å². The standard InChI is InChI=1S/C7H5NO2S.Na.H/c9-7(10)5-3-1-2-4-6(5)8-11;;/h1-4H,(H,9,10);;. The van der Waals surface area contributed by atoms with Crippen LogP contribution in [0.4, 0.5) is 5.69 Å². The van der Waals surface area contributed by atoms with Gasteiger partial charge in [0.1, 0.15) is 0 Å². The van der Waals surface area contributed by atoms with Crippen molar-refractivity contribution in [2.45, 2.75) is 0 Å². The van der Waals surface area contributed by atoms with Gasteiger partial charge in [-0.2, -0.15) is 4.36 Å². The van der Waals surface area contributed by atoms with Crippen LogP contribution in [0.15, 0.2) is 28.6 Å². The molecular formula is C7H6NNaO2S. The second-order valence-corrected chi connectivity index (χ2v) is 2.10. The number of hydrogen-bond donors (Lipinski definition) is 1. The molecule has 0 spiro atoms. The number of carbonyl (C=O) groups is 1. The normalized spacial score (nSPS) is 8.33. The number of carboxylic acid groups (broad SMARTS) is 1. The molecule has 0 unspecified atom stereocenters. The first-order valence-electron chi connectivity index (χ1n) is 2.91. The second-order valence-electron chi connectivity index (χ2n) is 1.91. The van der Waals surface area contributed by atoms with E-state index in [9.17, 15) is 4.79 Å². The number of nitrogens with zero attached hydrogens (tertiary/aromatic N) is 1. The van der Waals surface area contributed by atoms with E-state index in [1.54, 1.807) is 18.2 Å². The minimum atomic E-state index is -1.01. The molecule has 0 aliphatic carbocycles. The number of rotatable bonds is 2. The van der Waals surface area contributed by atoms with Crippen molar-refractivity contribution >= 4 is 53.6 Å². The van der Waals surface area contributed by atoms with E-state index in [0.29, 0.717) is 5.69 Å². The number of benzene rings is 1. The number of aromatic carboxylic acids is 1. The summed E-state index contributed by atoms with van der Waals surface area (Å²) in [5, 5.41) is 8.59. The second kappa shape index (κ2) is 5.37. The van der Waals surface area contributed by atoms with Crippen LogP contribution in [-0.4, -0.2) is 40.6 Å². The van der Waals surface area contributed by atoms with Crippen LogP contribution in [0.1, 0.15) is 10.4 Å². The van der Waals surface area contributed by atoms with Crippen molar-refractivity contribution in [3.05, 3.63) is 29.8 Å². The van der Waals surface area contributed by atoms with Crippen LogP contribution in [0.25, 0.3) is 0 Å². The fourth-order valence-corrected chi connectivity index (χ4v) is 0.893. The molecule has 0 radical (unpaired) electrons. The third kappa shape index (κ3) is 2.64. The summed E-state index contributed by atoms with van der Waals surface area (Å²) in [4.78, 5) is 10.5. The van der Waals surface area contributed by atoms with Crippen LogP contribution in [0.2, 0.25) is 0 Å². The Morgan fingerprint density at radius 3 is 2.42 bits per heavy atom. The van der Waals surface area contributed by atoms with E-state index in [-0.39, 0.29) is 35.1 Å². The molecule has 58 valence electrons. The molecule has 0 fully saturated rings. The van der Waals surface area contributed by atoms with E-state index >= 15 is 0 Å². The van der Waals surface area contributed by atoms with Gasteiger partial charge in [-0.05, 0) is 12.1 Å². The van der Waals surface area contributed by atoms with E-state index in [1.807, 2.05) is 0 Å². The zero-order valence-electron chi connectivity index (χ0n) is 5.52. The van der Waals surface area contributed by atoms with Gasteiger partial charge in [-0.3, -0.25) is 0 Å². The van der Waals surface area contributed by atoms with Gasteiger partial charge in [-0.25, -0.2) is 4.79 Å². The maximum absolute atomic E-state index is 10.5. The Morgan fingerprint density at radius 2 is 2.00 bits per heavy atom. The maximum atomic E-state index is 10.5. The predicted molar refractivity (Wildman–Crippen MR) is 50.0 cm³/mol. The van der Waals surface area contributed by atoms with Gasteiger partial charge in [0.05, 0.1) is 11.3 Å². The minimum absolute atomic E-state index is 0. The molecule has 1 rings (SSSR count). The molecule has 0 saturated heterocycles. The molecule has 0 atom stereocenters. The molecule has 0 aliphatic heterocycles. The van der Waals surface area contributed by atoms with Crippen molar-refractivity contribution in [3.63, 3.8) is 0 Å². The molecule has 0 bridgehead atoms. The van der Waals surface area contributed by atoms with E-state index < -0.39 is 5.97 Å². The Balaban J connectivity index is 0.00000121. The summed E-state index contributed by atoms with van der Waals surface area (Å²) in [5.74, 6) is -1.01. The first kappa shape index (κ1) is 11.7. The molecule has 1 aromatic carbocycles. The summed E-state index contributed by atoms with van der Waals surface area (Å²) in [6.45, 7) is 0. The topological polar surface area (TPSA) is 49.7 Å². The van der Waals surface area contributed by atoms with Gasteiger partial charge < -0.3 is 5.11 Å². The molecule has 0 amide bonds. The molecule has 0 aromatic heterocycles. The van der Waals surface area contributed by atoms with Crippen molar-refractivity contribution < 1.29 is 9.90 Å². The van der Waals surface area contributed by atoms with Crippen LogP contribution in [0.5, 0.6) is 0 Å². The van der Waals surface area contributed by atoms with E-state index in [2.05, 4.69) is 16.8 Å². The molecule has 1 aromatic rings. The monoisotopic (exact) mass is 191 g/mol. The van der Waals surface area contributed by atoms with Crippen LogP contribution in [-0.2, 0) is 12.4 Å². The molecule has 12 heavy (non-hydrogen) atoms. The van der Waals surface area contributed by atoms with Crippen molar-refractivity contribution in [2.75, 3.05) is 0 Å². The van der Waals surface area contributed by atoms with Gasteiger partial charge in [-0.15, -0.1) is 0 Å². The van der Waals surface area contributed by atoms with Crippen LogP contribution >= 0.6 is 0 Å². The third-order valence-electron chi connectivity index (χ3n) is 1.23. The van der Waals surface area contributed by atoms with Gasteiger partial charge >= 0.3 is 35.5 Å². The zero-order chi connectivity index (χ0) is 8.27. The zero-order valence-corrected chi connectivity index (χ0v) is 6.34. The average Bonchev–Trinajstić information content (AvgIpc) is 2.04. The van der Waals surface area contributed by atoms with Crippen molar-refractivity contribution in [1.82, 2.24) is 0 Å². The Kier molecular flexibility index (Phi) is 5.24. The van der Waals surface area contributed by atoms with E-state index in [4.69, 9.17) is 5.11 Å². The molecule has 1 N–H and O–H groups in total. The molecule has 0 saturated carbocycles. The average molecular weight is 191 g/mol. The van der Waals surface area contributed by atoms with Gasteiger partial charge in [0.15, 0.2) is 0 Å². The summed E-state index contributed by atoms with van der Waals surface area (Å²) in [5.41, 5.74) is 0.470. The summed E-state index contributed by atoms with van der Waals surface area (Å²) in [6, 6.07) is 6.36.